The van der Waals surface area contributed by atoms with E-state index in [0.29, 0.717) is 11.4 Å². The minimum Gasteiger partial charge on any atom is -0.321 e. The van der Waals surface area contributed by atoms with Gasteiger partial charge < -0.3 is 9.88 Å². The number of nitrogens with one attached hydrogen (secondary N) is 1. The number of carbonyl (C=O) groups is 1. The van der Waals surface area contributed by atoms with Crippen molar-refractivity contribution in [3.8, 4) is 5.69 Å². The summed E-state index contributed by atoms with van der Waals surface area (Å²) >= 11 is 0. The molecule has 0 radical (unpaired) electrons. The molecular weight excluding hydrogens is 280 g/mol. The Labute approximate surface area is 127 Å². The number of imidazole rings is 1. The van der Waals surface area contributed by atoms with E-state index in [1.54, 1.807) is 13.4 Å². The molecule has 7 heteroatoms. The van der Waals surface area contributed by atoms with Crippen molar-refractivity contribution in [1.82, 2.24) is 24.5 Å². The van der Waals surface area contributed by atoms with Crippen molar-refractivity contribution in [2.24, 2.45) is 7.05 Å². The van der Waals surface area contributed by atoms with E-state index in [9.17, 15) is 4.79 Å². The van der Waals surface area contributed by atoms with E-state index >= 15 is 0 Å². The Morgan fingerprint density at radius 1 is 1.18 bits per heavy atom. The number of hydrogen-bond acceptors (Lipinski definition) is 4. The van der Waals surface area contributed by atoms with Crippen LogP contribution in [0, 0.1) is 13.8 Å². The SMILES string of the molecule is Cc1ncn(-c2ccc(NC(=O)c3cnnn3C)cc2)c1C. The van der Waals surface area contributed by atoms with Crippen LogP contribution in [0.5, 0.6) is 0 Å². The Morgan fingerprint density at radius 3 is 2.45 bits per heavy atom. The second-order valence-electron chi connectivity index (χ2n) is 5.03. The normalized spacial score (nSPS) is 10.7. The van der Waals surface area contributed by atoms with Gasteiger partial charge in [-0.2, -0.15) is 0 Å². The zero-order chi connectivity index (χ0) is 15.7. The molecule has 0 aliphatic carbocycles. The van der Waals surface area contributed by atoms with Crippen LogP contribution in [-0.4, -0.2) is 30.5 Å². The fraction of sp³-hybridized carbons (Fsp3) is 0.200. The zero-order valence-corrected chi connectivity index (χ0v) is 12.6. The lowest BCUT2D eigenvalue weighted by Gasteiger charge is -2.08. The summed E-state index contributed by atoms with van der Waals surface area (Å²) in [5.74, 6) is -0.241. The molecule has 22 heavy (non-hydrogen) atoms. The molecule has 0 fully saturated rings. The van der Waals surface area contributed by atoms with Crippen molar-refractivity contribution in [3.63, 3.8) is 0 Å². The number of anilines is 1. The van der Waals surface area contributed by atoms with Crippen molar-refractivity contribution in [3.05, 3.63) is 53.9 Å². The highest BCUT2D eigenvalue weighted by atomic mass is 16.2. The highest BCUT2D eigenvalue weighted by Gasteiger charge is 2.11. The lowest BCUT2D eigenvalue weighted by molar-refractivity contribution is 0.101. The summed E-state index contributed by atoms with van der Waals surface area (Å²) in [6, 6.07) is 7.58. The monoisotopic (exact) mass is 296 g/mol. The van der Waals surface area contributed by atoms with E-state index in [1.165, 1.54) is 10.9 Å². The van der Waals surface area contributed by atoms with E-state index in [-0.39, 0.29) is 5.91 Å². The summed E-state index contributed by atoms with van der Waals surface area (Å²) in [5, 5.41) is 10.3. The molecule has 0 spiro atoms. The number of nitrogens with zero attached hydrogens (tertiary/aromatic N) is 5. The lowest BCUT2D eigenvalue weighted by Crippen LogP contribution is -2.16. The average Bonchev–Trinajstić information content (AvgIpc) is 3.07. The summed E-state index contributed by atoms with van der Waals surface area (Å²) in [7, 11) is 1.68. The summed E-state index contributed by atoms with van der Waals surface area (Å²) in [6.07, 6.45) is 3.22. The predicted molar refractivity (Wildman–Crippen MR) is 82.0 cm³/mol. The minimum atomic E-state index is -0.241. The summed E-state index contributed by atoms with van der Waals surface area (Å²) in [6.45, 7) is 4.00. The predicted octanol–water partition coefficient (Wildman–Crippen LogP) is 1.87. The van der Waals surface area contributed by atoms with Crippen LogP contribution in [0.1, 0.15) is 21.9 Å². The number of aryl methyl sites for hydroxylation is 2. The molecule has 1 N–H and O–H groups in total. The van der Waals surface area contributed by atoms with Crippen LogP contribution in [0.4, 0.5) is 5.69 Å². The van der Waals surface area contributed by atoms with Gasteiger partial charge in [0.2, 0.25) is 0 Å². The van der Waals surface area contributed by atoms with Gasteiger partial charge in [-0.1, -0.05) is 5.21 Å². The first-order valence-electron chi connectivity index (χ1n) is 6.83. The van der Waals surface area contributed by atoms with Gasteiger partial charge in [-0.3, -0.25) is 4.79 Å². The second kappa shape index (κ2) is 5.44. The van der Waals surface area contributed by atoms with E-state index in [2.05, 4.69) is 20.6 Å². The second-order valence-corrected chi connectivity index (χ2v) is 5.03. The summed E-state index contributed by atoms with van der Waals surface area (Å²) in [4.78, 5) is 16.4. The van der Waals surface area contributed by atoms with E-state index < -0.39 is 0 Å². The van der Waals surface area contributed by atoms with Gasteiger partial charge in [0.15, 0.2) is 0 Å². The molecule has 2 aromatic heterocycles. The molecule has 0 saturated carbocycles. The van der Waals surface area contributed by atoms with Crippen LogP contribution in [0.25, 0.3) is 5.69 Å². The molecule has 7 nitrogen and oxygen atoms in total. The molecule has 0 bridgehead atoms. The molecule has 2 heterocycles. The number of benzene rings is 1. The maximum atomic E-state index is 12.1. The average molecular weight is 296 g/mol. The number of amides is 1. The zero-order valence-electron chi connectivity index (χ0n) is 12.6. The topological polar surface area (TPSA) is 77.6 Å². The summed E-state index contributed by atoms with van der Waals surface area (Å²) in [5.41, 5.74) is 4.21. The maximum Gasteiger partial charge on any atom is 0.275 e. The van der Waals surface area contributed by atoms with Crippen LogP contribution < -0.4 is 5.32 Å². The van der Waals surface area contributed by atoms with Gasteiger partial charge in [0.05, 0.1) is 18.2 Å². The van der Waals surface area contributed by atoms with Gasteiger partial charge >= 0.3 is 0 Å². The highest BCUT2D eigenvalue weighted by molar-refractivity contribution is 6.02. The molecule has 0 saturated heterocycles. The largest absolute Gasteiger partial charge is 0.321 e. The van der Waals surface area contributed by atoms with Crippen molar-refractivity contribution < 1.29 is 4.79 Å². The molecule has 0 unspecified atom stereocenters. The van der Waals surface area contributed by atoms with Gasteiger partial charge in [0.25, 0.3) is 5.91 Å². The molecule has 112 valence electrons. The Morgan fingerprint density at radius 2 is 1.91 bits per heavy atom. The third-order valence-electron chi connectivity index (χ3n) is 3.60. The third kappa shape index (κ3) is 2.48. The molecule has 3 aromatic rings. The van der Waals surface area contributed by atoms with E-state index in [1.807, 2.05) is 42.7 Å². The van der Waals surface area contributed by atoms with E-state index in [4.69, 9.17) is 0 Å². The molecule has 1 amide bonds. The van der Waals surface area contributed by atoms with Gasteiger partial charge in [-0.05, 0) is 38.1 Å². The van der Waals surface area contributed by atoms with Gasteiger partial charge in [0, 0.05) is 24.1 Å². The summed E-state index contributed by atoms with van der Waals surface area (Å²) < 4.78 is 3.44. The maximum absolute atomic E-state index is 12.1. The van der Waals surface area contributed by atoms with Gasteiger partial charge in [-0.15, -0.1) is 5.10 Å². The van der Waals surface area contributed by atoms with Gasteiger partial charge in [0.1, 0.15) is 5.69 Å². The highest BCUT2D eigenvalue weighted by Crippen LogP contribution is 2.17. The fourth-order valence-corrected chi connectivity index (χ4v) is 2.15. The number of hydrogen-bond donors (Lipinski definition) is 1. The van der Waals surface area contributed by atoms with Crippen molar-refractivity contribution in [2.45, 2.75) is 13.8 Å². The molecule has 0 aliphatic rings. The van der Waals surface area contributed by atoms with Crippen molar-refractivity contribution >= 4 is 11.6 Å². The van der Waals surface area contributed by atoms with Crippen LogP contribution in [0.3, 0.4) is 0 Å². The molecule has 0 aliphatic heterocycles. The van der Waals surface area contributed by atoms with Crippen LogP contribution in [-0.2, 0) is 7.05 Å². The number of rotatable bonds is 3. The Balaban J connectivity index is 1.79. The Kier molecular flexibility index (Phi) is 3.46. The number of aromatic nitrogens is 5. The van der Waals surface area contributed by atoms with E-state index in [0.717, 1.165) is 17.1 Å². The standard InChI is InChI=1S/C15H16N6O/c1-10-11(2)21(9-16-10)13-6-4-12(5-7-13)18-15(22)14-8-17-19-20(14)3/h4-9H,1-3H3,(H,18,22). The quantitative estimate of drug-likeness (QED) is 0.800. The van der Waals surface area contributed by atoms with Crippen LogP contribution in [0.15, 0.2) is 36.8 Å². The minimum absolute atomic E-state index is 0.241. The number of carbonyl (C=O) groups excluding carboxylic acids is 1. The smallest absolute Gasteiger partial charge is 0.275 e. The van der Waals surface area contributed by atoms with Crippen molar-refractivity contribution in [2.75, 3.05) is 5.32 Å². The van der Waals surface area contributed by atoms with Gasteiger partial charge in [-0.25, -0.2) is 9.67 Å². The molecule has 0 atom stereocenters. The Hall–Kier alpha value is -2.96. The molecular formula is C15H16N6O. The third-order valence-corrected chi connectivity index (χ3v) is 3.60. The van der Waals surface area contributed by atoms with Crippen molar-refractivity contribution in [1.29, 1.82) is 0 Å². The Bertz CT molecular complexity index is 815. The molecule has 1 aromatic carbocycles. The first-order valence-corrected chi connectivity index (χ1v) is 6.83. The molecule has 3 rings (SSSR count). The lowest BCUT2D eigenvalue weighted by atomic mass is 10.2. The first kappa shape index (κ1) is 14.0. The fourth-order valence-electron chi connectivity index (χ4n) is 2.15. The van der Waals surface area contributed by atoms with Crippen LogP contribution in [0.2, 0.25) is 0 Å². The van der Waals surface area contributed by atoms with Crippen LogP contribution >= 0.6 is 0 Å². The first-order chi connectivity index (χ1) is 10.6.